The maximum absolute atomic E-state index is 12.9. The van der Waals surface area contributed by atoms with Crippen LogP contribution in [0.1, 0.15) is 32.1 Å². The van der Waals surface area contributed by atoms with E-state index in [1.807, 2.05) is 0 Å². The summed E-state index contributed by atoms with van der Waals surface area (Å²) in [4.78, 5) is 23.3. The summed E-state index contributed by atoms with van der Waals surface area (Å²) in [5, 5.41) is 8.41. The molecule has 0 radical (unpaired) electrons. The quantitative estimate of drug-likeness (QED) is 0.730. The van der Waals surface area contributed by atoms with Crippen LogP contribution in [0, 0.1) is 0 Å². The molecular weight excluding hydrogens is 213 g/mol. The van der Waals surface area contributed by atoms with Crippen molar-refractivity contribution in [3.05, 3.63) is 11.9 Å². The first-order valence-electron chi connectivity index (χ1n) is 5.43. The summed E-state index contributed by atoms with van der Waals surface area (Å²) in [5.41, 5.74) is 0. The summed E-state index contributed by atoms with van der Waals surface area (Å²) in [6, 6.07) is 0. The molecule has 16 heavy (non-hydrogen) atoms. The molecule has 0 saturated carbocycles. The fourth-order valence-electron chi connectivity index (χ4n) is 1.63. The number of halogens is 1. The molecule has 0 aromatic carbocycles. The monoisotopic (exact) mass is 229 g/mol. The molecule has 0 atom stereocenters. The minimum absolute atomic E-state index is 0.0672. The van der Waals surface area contributed by atoms with Gasteiger partial charge in [0.2, 0.25) is 5.91 Å². The molecule has 4 nitrogen and oxygen atoms in total. The van der Waals surface area contributed by atoms with Gasteiger partial charge < -0.3 is 10.0 Å². The van der Waals surface area contributed by atoms with Gasteiger partial charge in [-0.1, -0.05) is 0 Å². The van der Waals surface area contributed by atoms with E-state index >= 15 is 0 Å². The number of nitrogens with zero attached hydrogens (tertiary/aromatic N) is 1. The van der Waals surface area contributed by atoms with E-state index in [9.17, 15) is 14.0 Å². The van der Waals surface area contributed by atoms with Crippen LogP contribution in [0.3, 0.4) is 0 Å². The topological polar surface area (TPSA) is 57.6 Å². The largest absolute Gasteiger partial charge is 0.481 e. The second kappa shape index (κ2) is 6.25. The highest BCUT2D eigenvalue weighted by atomic mass is 19.1. The fraction of sp³-hybridized carbons (Fsp3) is 0.636. The Morgan fingerprint density at radius 3 is 2.69 bits per heavy atom. The maximum Gasteiger partial charge on any atom is 0.303 e. The van der Waals surface area contributed by atoms with E-state index in [1.54, 1.807) is 0 Å². The minimum atomic E-state index is -0.848. The van der Waals surface area contributed by atoms with Crippen molar-refractivity contribution >= 4 is 11.9 Å². The molecule has 1 aliphatic heterocycles. The summed E-state index contributed by atoms with van der Waals surface area (Å²) in [5.74, 6) is -1.20. The van der Waals surface area contributed by atoms with E-state index in [-0.39, 0.29) is 24.7 Å². The third kappa shape index (κ3) is 4.42. The van der Waals surface area contributed by atoms with Gasteiger partial charge in [0.1, 0.15) is 5.83 Å². The van der Waals surface area contributed by atoms with Gasteiger partial charge in [-0.3, -0.25) is 9.59 Å². The first kappa shape index (κ1) is 12.7. The van der Waals surface area contributed by atoms with Crippen LogP contribution in [0.15, 0.2) is 11.9 Å². The second-order valence-corrected chi connectivity index (χ2v) is 3.86. The zero-order chi connectivity index (χ0) is 12.0. The number of carbonyl (C=O) groups excluding carboxylic acids is 1. The zero-order valence-corrected chi connectivity index (χ0v) is 9.12. The minimum Gasteiger partial charge on any atom is -0.481 e. The van der Waals surface area contributed by atoms with Crippen LogP contribution in [-0.2, 0) is 9.59 Å². The Hall–Kier alpha value is -1.39. The molecule has 0 aromatic heterocycles. The lowest BCUT2D eigenvalue weighted by atomic mass is 10.1. The first-order chi connectivity index (χ1) is 7.59. The lowest BCUT2D eigenvalue weighted by molar-refractivity contribution is -0.137. The molecule has 5 heteroatoms. The molecule has 1 N–H and O–H groups in total. The van der Waals surface area contributed by atoms with Crippen LogP contribution in [0.25, 0.3) is 0 Å². The van der Waals surface area contributed by atoms with Crippen molar-refractivity contribution in [1.29, 1.82) is 0 Å². The molecular formula is C11H16FNO3. The first-order valence-corrected chi connectivity index (χ1v) is 5.43. The summed E-state index contributed by atoms with van der Waals surface area (Å²) >= 11 is 0. The third-order valence-electron chi connectivity index (χ3n) is 2.49. The number of hydrogen-bond donors (Lipinski definition) is 1. The summed E-state index contributed by atoms with van der Waals surface area (Å²) < 4.78 is 12.9. The lowest BCUT2D eigenvalue weighted by Crippen LogP contribution is -2.34. The van der Waals surface area contributed by atoms with E-state index < -0.39 is 5.97 Å². The fourth-order valence-corrected chi connectivity index (χ4v) is 1.63. The van der Waals surface area contributed by atoms with Gasteiger partial charge >= 0.3 is 5.97 Å². The van der Waals surface area contributed by atoms with Crippen LogP contribution >= 0.6 is 0 Å². The Bertz CT molecular complexity index is 302. The Kier molecular flexibility index (Phi) is 4.95. The number of rotatable bonds is 5. The molecule has 1 heterocycles. The van der Waals surface area contributed by atoms with Crippen molar-refractivity contribution < 1.29 is 19.1 Å². The van der Waals surface area contributed by atoms with Gasteiger partial charge in [0.05, 0.1) is 6.54 Å². The van der Waals surface area contributed by atoms with Gasteiger partial charge in [0.15, 0.2) is 0 Å². The predicted octanol–water partition coefficient (Wildman–Crippen LogP) is 1.72. The van der Waals surface area contributed by atoms with Crippen molar-refractivity contribution in [1.82, 2.24) is 4.90 Å². The van der Waals surface area contributed by atoms with Crippen molar-refractivity contribution in [2.75, 3.05) is 13.1 Å². The summed E-state index contributed by atoms with van der Waals surface area (Å²) in [6.45, 7) is 0.628. The average Bonchev–Trinajstić information content (AvgIpc) is 2.24. The summed E-state index contributed by atoms with van der Waals surface area (Å²) in [6.07, 6.45) is 3.49. The number of amides is 1. The smallest absolute Gasteiger partial charge is 0.303 e. The highest BCUT2D eigenvalue weighted by molar-refractivity contribution is 5.76. The molecule has 0 aliphatic carbocycles. The van der Waals surface area contributed by atoms with E-state index in [2.05, 4.69) is 0 Å². The van der Waals surface area contributed by atoms with Gasteiger partial charge in [0, 0.05) is 19.4 Å². The number of unbranched alkanes of at least 4 members (excludes halogenated alkanes) is 1. The number of aliphatic carboxylic acids is 1. The van der Waals surface area contributed by atoms with E-state index in [1.165, 1.54) is 11.0 Å². The van der Waals surface area contributed by atoms with E-state index in [4.69, 9.17) is 5.11 Å². The van der Waals surface area contributed by atoms with Gasteiger partial charge in [-0.15, -0.1) is 0 Å². The van der Waals surface area contributed by atoms with Crippen LogP contribution in [0.4, 0.5) is 4.39 Å². The highest BCUT2D eigenvalue weighted by Crippen LogP contribution is 2.12. The standard InChI is InChI=1S/C11H16FNO3/c12-9-4-3-7-13(8-9)10(14)5-1-2-6-11(15)16/h4H,1-3,5-8H2,(H,15,16). The highest BCUT2D eigenvalue weighted by Gasteiger charge is 2.17. The Morgan fingerprint density at radius 1 is 1.38 bits per heavy atom. The van der Waals surface area contributed by atoms with Crippen LogP contribution in [0.2, 0.25) is 0 Å². The molecule has 0 spiro atoms. The SMILES string of the molecule is O=C(O)CCCCC(=O)N1CCC=C(F)C1. The van der Waals surface area contributed by atoms with E-state index in [0.717, 1.165) is 0 Å². The average molecular weight is 229 g/mol. The molecule has 1 rings (SSSR count). The molecule has 0 fully saturated rings. The van der Waals surface area contributed by atoms with Crippen LogP contribution in [0.5, 0.6) is 0 Å². The molecule has 0 unspecified atom stereocenters. The van der Waals surface area contributed by atoms with Crippen molar-refractivity contribution in [3.8, 4) is 0 Å². The molecule has 0 bridgehead atoms. The summed E-state index contributed by atoms with van der Waals surface area (Å²) in [7, 11) is 0. The second-order valence-electron chi connectivity index (χ2n) is 3.86. The van der Waals surface area contributed by atoms with Crippen LogP contribution in [-0.4, -0.2) is 35.0 Å². The zero-order valence-electron chi connectivity index (χ0n) is 9.12. The normalized spacial score (nSPS) is 15.8. The Labute approximate surface area is 93.7 Å². The lowest BCUT2D eigenvalue weighted by Gasteiger charge is -2.24. The molecule has 1 aliphatic rings. The predicted molar refractivity (Wildman–Crippen MR) is 56.5 cm³/mol. The molecule has 0 saturated heterocycles. The Morgan fingerprint density at radius 2 is 2.06 bits per heavy atom. The number of carboxylic acids is 1. The number of carboxylic acid groups (broad SMARTS) is 1. The van der Waals surface area contributed by atoms with Gasteiger partial charge in [-0.25, -0.2) is 4.39 Å². The van der Waals surface area contributed by atoms with Crippen LogP contribution < -0.4 is 0 Å². The molecule has 0 aromatic rings. The number of carbonyl (C=O) groups is 2. The van der Waals surface area contributed by atoms with E-state index in [0.29, 0.717) is 32.2 Å². The number of hydrogen-bond acceptors (Lipinski definition) is 2. The van der Waals surface area contributed by atoms with Crippen molar-refractivity contribution in [3.63, 3.8) is 0 Å². The van der Waals surface area contributed by atoms with Gasteiger partial charge in [-0.2, -0.15) is 0 Å². The van der Waals surface area contributed by atoms with Gasteiger partial charge in [-0.05, 0) is 25.3 Å². The van der Waals surface area contributed by atoms with Crippen molar-refractivity contribution in [2.24, 2.45) is 0 Å². The Balaban J connectivity index is 2.20. The van der Waals surface area contributed by atoms with Crippen molar-refractivity contribution in [2.45, 2.75) is 32.1 Å². The molecule has 1 amide bonds. The third-order valence-corrected chi connectivity index (χ3v) is 2.49. The van der Waals surface area contributed by atoms with Gasteiger partial charge in [0.25, 0.3) is 0 Å². The maximum atomic E-state index is 12.9. The molecule has 90 valence electrons.